The number of ketones is 1. The van der Waals surface area contributed by atoms with Crippen molar-refractivity contribution in [3.05, 3.63) is 0 Å². The zero-order valence-electron chi connectivity index (χ0n) is 7.16. The molecular formula is C8H12F3NO. The van der Waals surface area contributed by atoms with Crippen LogP contribution in [-0.2, 0) is 4.79 Å². The van der Waals surface area contributed by atoms with Gasteiger partial charge in [-0.05, 0) is 6.42 Å². The normalized spacial score (nSPS) is 24.8. The highest BCUT2D eigenvalue weighted by Gasteiger charge is 2.31. The number of hydrogen-bond donors (Lipinski definition) is 1. The number of Topliss-reactive ketones (excluding diaryl/α,β-unsaturated/α-hetero) is 1. The van der Waals surface area contributed by atoms with E-state index in [1.807, 2.05) is 0 Å². The molecule has 0 aliphatic carbocycles. The average molecular weight is 195 g/mol. The van der Waals surface area contributed by atoms with Crippen LogP contribution < -0.4 is 5.32 Å². The lowest BCUT2D eigenvalue weighted by molar-refractivity contribution is -0.140. The topological polar surface area (TPSA) is 29.1 Å². The summed E-state index contributed by atoms with van der Waals surface area (Å²) in [5.41, 5.74) is 0. The van der Waals surface area contributed by atoms with Crippen LogP contribution in [0, 0.1) is 5.92 Å². The zero-order valence-corrected chi connectivity index (χ0v) is 7.16. The summed E-state index contributed by atoms with van der Waals surface area (Å²) < 4.78 is 35.4. The molecule has 0 aromatic carbocycles. The predicted octanol–water partition coefficient (Wildman–Crippen LogP) is 1.51. The first-order chi connectivity index (χ1) is 5.99. The first-order valence-corrected chi connectivity index (χ1v) is 4.29. The summed E-state index contributed by atoms with van der Waals surface area (Å²) in [6.07, 6.45) is -4.71. The zero-order chi connectivity index (χ0) is 9.90. The predicted molar refractivity (Wildman–Crippen MR) is 41.3 cm³/mol. The smallest absolute Gasteiger partial charge is 0.316 e. The monoisotopic (exact) mass is 195 g/mol. The Kier molecular flexibility index (Phi) is 3.30. The number of carbonyl (C=O) groups excluding carboxylic acids is 1. The summed E-state index contributed by atoms with van der Waals surface area (Å²) in [6.45, 7) is 0.996. The lowest BCUT2D eigenvalue weighted by Crippen LogP contribution is -2.37. The van der Waals surface area contributed by atoms with Gasteiger partial charge in [-0.25, -0.2) is 0 Å². The van der Waals surface area contributed by atoms with Crippen molar-refractivity contribution < 1.29 is 18.0 Å². The molecule has 0 amide bonds. The third-order valence-corrected chi connectivity index (χ3v) is 2.17. The van der Waals surface area contributed by atoms with Gasteiger partial charge >= 0.3 is 6.18 Å². The van der Waals surface area contributed by atoms with E-state index in [0.29, 0.717) is 19.5 Å². The van der Waals surface area contributed by atoms with Crippen LogP contribution in [0.2, 0.25) is 0 Å². The number of piperidine rings is 1. The highest BCUT2D eigenvalue weighted by atomic mass is 19.4. The molecule has 1 atom stereocenters. The summed E-state index contributed by atoms with van der Waals surface area (Å²) in [5, 5.41) is 2.91. The van der Waals surface area contributed by atoms with Crippen molar-refractivity contribution in [2.75, 3.05) is 13.1 Å². The lowest BCUT2D eigenvalue weighted by atomic mass is 9.93. The molecule has 1 aliphatic heterocycles. The third-order valence-electron chi connectivity index (χ3n) is 2.17. The maximum absolute atomic E-state index is 11.8. The van der Waals surface area contributed by atoms with Crippen molar-refractivity contribution in [1.29, 1.82) is 0 Å². The van der Waals surface area contributed by atoms with Crippen molar-refractivity contribution in [3.63, 3.8) is 0 Å². The Balaban J connectivity index is 2.31. The first-order valence-electron chi connectivity index (χ1n) is 4.29. The van der Waals surface area contributed by atoms with E-state index in [-0.39, 0.29) is 12.2 Å². The number of rotatable bonds is 2. The SMILES string of the molecule is O=C1CCNCC1CCC(F)(F)F. The molecule has 1 unspecified atom stereocenters. The second-order valence-electron chi connectivity index (χ2n) is 3.27. The fourth-order valence-corrected chi connectivity index (χ4v) is 1.41. The fraction of sp³-hybridized carbons (Fsp3) is 0.875. The molecule has 0 aromatic heterocycles. The third kappa shape index (κ3) is 3.76. The average Bonchev–Trinajstić information content (AvgIpc) is 2.01. The molecule has 0 radical (unpaired) electrons. The summed E-state index contributed by atoms with van der Waals surface area (Å²) in [5.74, 6) is -0.474. The van der Waals surface area contributed by atoms with Gasteiger partial charge in [-0.2, -0.15) is 13.2 Å². The number of halogens is 3. The van der Waals surface area contributed by atoms with E-state index in [2.05, 4.69) is 5.32 Å². The summed E-state index contributed by atoms with van der Waals surface area (Å²) in [7, 11) is 0. The van der Waals surface area contributed by atoms with Gasteiger partial charge in [-0.15, -0.1) is 0 Å². The van der Waals surface area contributed by atoms with E-state index >= 15 is 0 Å². The summed E-state index contributed by atoms with van der Waals surface area (Å²) in [6, 6.07) is 0. The van der Waals surface area contributed by atoms with Gasteiger partial charge in [0, 0.05) is 31.8 Å². The molecule has 13 heavy (non-hydrogen) atoms. The van der Waals surface area contributed by atoms with Crippen LogP contribution in [0.4, 0.5) is 13.2 Å². The van der Waals surface area contributed by atoms with Crippen molar-refractivity contribution in [1.82, 2.24) is 5.32 Å². The van der Waals surface area contributed by atoms with Gasteiger partial charge in [-0.1, -0.05) is 0 Å². The van der Waals surface area contributed by atoms with Crippen LogP contribution >= 0.6 is 0 Å². The van der Waals surface area contributed by atoms with Crippen molar-refractivity contribution in [2.45, 2.75) is 25.4 Å². The van der Waals surface area contributed by atoms with Crippen molar-refractivity contribution >= 4 is 5.78 Å². The van der Waals surface area contributed by atoms with Crippen LogP contribution in [0.25, 0.3) is 0 Å². The maximum Gasteiger partial charge on any atom is 0.389 e. The minimum Gasteiger partial charge on any atom is -0.316 e. The van der Waals surface area contributed by atoms with Gasteiger partial charge in [0.2, 0.25) is 0 Å². The molecule has 0 bridgehead atoms. The lowest BCUT2D eigenvalue weighted by Gasteiger charge is -2.21. The van der Waals surface area contributed by atoms with Crippen LogP contribution in [0.15, 0.2) is 0 Å². The van der Waals surface area contributed by atoms with Gasteiger partial charge in [0.1, 0.15) is 5.78 Å². The Bertz CT molecular complexity index is 190. The van der Waals surface area contributed by atoms with Crippen LogP contribution in [-0.4, -0.2) is 25.0 Å². The minimum atomic E-state index is -4.14. The van der Waals surface area contributed by atoms with E-state index in [4.69, 9.17) is 0 Å². The molecule has 0 spiro atoms. The Hall–Kier alpha value is -0.580. The molecule has 1 rings (SSSR count). The highest BCUT2D eigenvalue weighted by Crippen LogP contribution is 2.25. The number of alkyl halides is 3. The number of nitrogens with one attached hydrogen (secondary N) is 1. The molecule has 1 saturated heterocycles. The standard InChI is InChI=1S/C8H12F3NO/c9-8(10,11)3-1-6-5-12-4-2-7(6)13/h6,12H,1-5H2. The van der Waals surface area contributed by atoms with Crippen molar-refractivity contribution in [3.8, 4) is 0 Å². The molecule has 76 valence electrons. The number of carbonyl (C=O) groups is 1. The van der Waals surface area contributed by atoms with E-state index in [0.717, 1.165) is 0 Å². The first kappa shape index (κ1) is 10.5. The Labute approximate surface area is 74.5 Å². The van der Waals surface area contributed by atoms with Gasteiger partial charge in [0.15, 0.2) is 0 Å². The van der Waals surface area contributed by atoms with Gasteiger partial charge in [0.05, 0.1) is 0 Å². The molecule has 1 heterocycles. The van der Waals surface area contributed by atoms with Gasteiger partial charge in [-0.3, -0.25) is 4.79 Å². The summed E-state index contributed by atoms with van der Waals surface area (Å²) in [4.78, 5) is 11.1. The quantitative estimate of drug-likeness (QED) is 0.723. The largest absolute Gasteiger partial charge is 0.389 e. The number of hydrogen-bond acceptors (Lipinski definition) is 2. The minimum absolute atomic E-state index is 0.0389. The maximum atomic E-state index is 11.8. The van der Waals surface area contributed by atoms with Crippen LogP contribution in [0.5, 0.6) is 0 Å². The molecule has 0 saturated carbocycles. The molecule has 1 fully saturated rings. The van der Waals surface area contributed by atoms with Crippen LogP contribution in [0.3, 0.4) is 0 Å². The second kappa shape index (κ2) is 4.09. The molecule has 1 aliphatic rings. The molecular weight excluding hydrogens is 183 g/mol. The van der Waals surface area contributed by atoms with Crippen molar-refractivity contribution in [2.24, 2.45) is 5.92 Å². The van der Waals surface area contributed by atoms with E-state index in [1.54, 1.807) is 0 Å². The fourth-order valence-electron chi connectivity index (χ4n) is 1.41. The Morgan fingerprint density at radius 3 is 2.69 bits per heavy atom. The molecule has 0 aromatic rings. The van der Waals surface area contributed by atoms with E-state index in [9.17, 15) is 18.0 Å². The van der Waals surface area contributed by atoms with E-state index < -0.39 is 18.5 Å². The van der Waals surface area contributed by atoms with E-state index in [1.165, 1.54) is 0 Å². The Morgan fingerprint density at radius 2 is 2.15 bits per heavy atom. The second-order valence-corrected chi connectivity index (χ2v) is 3.27. The molecule has 2 nitrogen and oxygen atoms in total. The van der Waals surface area contributed by atoms with Gasteiger partial charge < -0.3 is 5.32 Å². The van der Waals surface area contributed by atoms with Gasteiger partial charge in [0.25, 0.3) is 0 Å². The van der Waals surface area contributed by atoms with Crippen LogP contribution in [0.1, 0.15) is 19.3 Å². The molecule has 1 N–H and O–H groups in total. The summed E-state index contributed by atoms with van der Waals surface area (Å²) >= 11 is 0. The Morgan fingerprint density at radius 1 is 1.46 bits per heavy atom. The molecule has 5 heteroatoms. The highest BCUT2D eigenvalue weighted by molar-refractivity contribution is 5.82.